The van der Waals surface area contributed by atoms with Gasteiger partial charge in [-0.25, -0.2) is 9.18 Å². The third kappa shape index (κ3) is 4.56. The smallest absolute Gasteiger partial charge is 0.339 e. The predicted molar refractivity (Wildman–Crippen MR) is 121 cm³/mol. The first-order chi connectivity index (χ1) is 15.4. The fraction of sp³-hybridized carbons (Fsp3) is 0.320. The van der Waals surface area contributed by atoms with E-state index in [9.17, 15) is 14.0 Å². The number of pyridine rings is 1. The van der Waals surface area contributed by atoms with E-state index in [1.165, 1.54) is 6.07 Å². The Kier molecular flexibility index (Phi) is 6.35. The molecule has 0 saturated carbocycles. The van der Waals surface area contributed by atoms with Crippen LogP contribution in [0, 0.1) is 5.82 Å². The molecule has 1 amide bonds. The summed E-state index contributed by atoms with van der Waals surface area (Å²) in [5.74, 6) is -0.914. The van der Waals surface area contributed by atoms with Gasteiger partial charge in [0, 0.05) is 37.3 Å². The Bertz CT molecular complexity index is 1140. The molecule has 1 saturated heterocycles. The van der Waals surface area contributed by atoms with Crippen molar-refractivity contribution >= 4 is 28.5 Å². The molecular weight excluding hydrogens is 409 g/mol. The highest BCUT2D eigenvalue weighted by atomic mass is 19.1. The van der Waals surface area contributed by atoms with E-state index >= 15 is 0 Å². The number of rotatable bonds is 5. The first-order valence-corrected chi connectivity index (χ1v) is 10.8. The Morgan fingerprint density at radius 1 is 1.03 bits per heavy atom. The van der Waals surface area contributed by atoms with E-state index in [4.69, 9.17) is 4.74 Å². The number of nitrogens with zero attached hydrogens (tertiary/aromatic N) is 3. The maximum atomic E-state index is 14.0. The van der Waals surface area contributed by atoms with Crippen molar-refractivity contribution in [3.05, 3.63) is 71.7 Å². The number of benzene rings is 2. The van der Waals surface area contributed by atoms with Gasteiger partial charge >= 0.3 is 5.97 Å². The van der Waals surface area contributed by atoms with Gasteiger partial charge in [-0.2, -0.15) is 0 Å². The van der Waals surface area contributed by atoms with Gasteiger partial charge in [0.05, 0.1) is 16.8 Å². The Morgan fingerprint density at radius 3 is 2.44 bits per heavy atom. The lowest BCUT2D eigenvalue weighted by Gasteiger charge is -2.36. The van der Waals surface area contributed by atoms with Crippen LogP contribution >= 0.6 is 0 Å². The highest BCUT2D eigenvalue weighted by molar-refractivity contribution is 6.04. The van der Waals surface area contributed by atoms with Gasteiger partial charge in [-0.15, -0.1) is 0 Å². The summed E-state index contributed by atoms with van der Waals surface area (Å²) in [6, 6.07) is 15.8. The summed E-state index contributed by atoms with van der Waals surface area (Å²) in [7, 11) is 0. The maximum absolute atomic E-state index is 14.0. The first-order valence-electron chi connectivity index (χ1n) is 10.8. The predicted octanol–water partition coefficient (Wildman–Crippen LogP) is 4.00. The van der Waals surface area contributed by atoms with E-state index < -0.39 is 5.97 Å². The van der Waals surface area contributed by atoms with E-state index in [2.05, 4.69) is 4.98 Å². The van der Waals surface area contributed by atoms with Gasteiger partial charge in [0.1, 0.15) is 5.82 Å². The van der Waals surface area contributed by atoms with Crippen molar-refractivity contribution in [3.63, 3.8) is 0 Å². The molecule has 0 atom stereocenters. The summed E-state index contributed by atoms with van der Waals surface area (Å²) in [5, 5.41) is 0.702. The minimum absolute atomic E-state index is 0.151. The number of fused-ring (bicyclic) bond motifs is 1. The molecule has 1 aromatic heterocycles. The topological polar surface area (TPSA) is 62.7 Å². The van der Waals surface area contributed by atoms with Crippen molar-refractivity contribution in [2.45, 2.75) is 19.8 Å². The van der Waals surface area contributed by atoms with Crippen LogP contribution in [-0.2, 0) is 9.53 Å². The van der Waals surface area contributed by atoms with Crippen LogP contribution in [-0.4, -0.2) is 54.5 Å². The Hall–Kier alpha value is -3.48. The molecule has 0 radical (unpaired) electrons. The van der Waals surface area contributed by atoms with Gasteiger partial charge in [0.15, 0.2) is 6.61 Å². The number of ether oxygens (including phenoxy) is 1. The molecular formula is C25H26FN3O3. The van der Waals surface area contributed by atoms with Crippen molar-refractivity contribution in [3.8, 4) is 0 Å². The summed E-state index contributed by atoms with van der Waals surface area (Å²) in [6.45, 7) is 5.63. The van der Waals surface area contributed by atoms with E-state index in [1.807, 2.05) is 43.0 Å². The van der Waals surface area contributed by atoms with Crippen LogP contribution in [0.2, 0.25) is 0 Å². The lowest BCUT2D eigenvalue weighted by atomic mass is 10.0. The van der Waals surface area contributed by atoms with Crippen molar-refractivity contribution in [2.75, 3.05) is 37.7 Å². The van der Waals surface area contributed by atoms with Crippen LogP contribution in [0.1, 0.15) is 35.8 Å². The molecule has 0 spiro atoms. The molecule has 4 rings (SSSR count). The number of aromatic nitrogens is 1. The third-order valence-corrected chi connectivity index (χ3v) is 5.70. The molecule has 0 aliphatic carbocycles. The summed E-state index contributed by atoms with van der Waals surface area (Å²) in [5.41, 5.74) is 2.47. The molecule has 6 nitrogen and oxygen atoms in total. The minimum Gasteiger partial charge on any atom is -0.452 e. The molecule has 1 aliphatic heterocycles. The van der Waals surface area contributed by atoms with Gasteiger partial charge < -0.3 is 14.5 Å². The molecule has 7 heteroatoms. The number of halogens is 1. The summed E-state index contributed by atoms with van der Waals surface area (Å²) >= 11 is 0. The van der Waals surface area contributed by atoms with E-state index in [0.29, 0.717) is 42.8 Å². The van der Waals surface area contributed by atoms with E-state index in [-0.39, 0.29) is 24.2 Å². The van der Waals surface area contributed by atoms with Crippen LogP contribution in [0.4, 0.5) is 10.1 Å². The molecule has 0 N–H and O–H groups in total. The maximum Gasteiger partial charge on any atom is 0.339 e. The monoisotopic (exact) mass is 435 g/mol. The Balaban J connectivity index is 1.39. The van der Waals surface area contributed by atoms with Gasteiger partial charge in [0.25, 0.3) is 5.91 Å². The van der Waals surface area contributed by atoms with Crippen LogP contribution in [0.15, 0.2) is 54.6 Å². The molecule has 1 aliphatic rings. The number of hydrogen-bond acceptors (Lipinski definition) is 5. The molecule has 2 aromatic carbocycles. The number of carbonyl (C=O) groups is 2. The summed E-state index contributed by atoms with van der Waals surface area (Å²) < 4.78 is 19.4. The van der Waals surface area contributed by atoms with Crippen LogP contribution < -0.4 is 4.90 Å². The molecule has 1 fully saturated rings. The third-order valence-electron chi connectivity index (χ3n) is 5.70. The average molecular weight is 435 g/mol. The first kappa shape index (κ1) is 21.7. The standard InChI is InChI=1S/C25H26FN3O3/c1-17(2)22-15-19(18-7-3-5-9-21(18)27-22)25(31)32-16-24(30)29-13-11-28(12-14-29)23-10-6-4-8-20(23)26/h3-10,15,17H,11-14,16H2,1-2H3. The number of hydrogen-bond donors (Lipinski definition) is 0. The number of esters is 1. The Morgan fingerprint density at radius 2 is 1.72 bits per heavy atom. The second kappa shape index (κ2) is 9.34. The second-order valence-electron chi connectivity index (χ2n) is 8.16. The molecule has 0 bridgehead atoms. The van der Waals surface area contributed by atoms with Crippen LogP contribution in [0.5, 0.6) is 0 Å². The lowest BCUT2D eigenvalue weighted by molar-refractivity contribution is -0.134. The molecule has 166 valence electrons. The highest BCUT2D eigenvalue weighted by Gasteiger charge is 2.24. The van der Waals surface area contributed by atoms with E-state index in [0.717, 1.165) is 11.2 Å². The zero-order valence-corrected chi connectivity index (χ0v) is 18.3. The largest absolute Gasteiger partial charge is 0.452 e. The van der Waals surface area contributed by atoms with Crippen molar-refractivity contribution < 1.29 is 18.7 Å². The summed E-state index contributed by atoms with van der Waals surface area (Å²) in [4.78, 5) is 33.6. The second-order valence-corrected chi connectivity index (χ2v) is 8.16. The number of carbonyl (C=O) groups excluding carboxylic acids is 2. The van der Waals surface area contributed by atoms with E-state index in [1.54, 1.807) is 29.2 Å². The normalized spacial score (nSPS) is 14.1. The van der Waals surface area contributed by atoms with Gasteiger partial charge in [-0.3, -0.25) is 9.78 Å². The van der Waals surface area contributed by atoms with Crippen molar-refractivity contribution in [2.24, 2.45) is 0 Å². The van der Waals surface area contributed by atoms with Gasteiger partial charge in [-0.05, 0) is 30.2 Å². The highest BCUT2D eigenvalue weighted by Crippen LogP contribution is 2.23. The minimum atomic E-state index is -0.538. The SMILES string of the molecule is CC(C)c1cc(C(=O)OCC(=O)N2CCN(c3ccccc3F)CC2)c2ccccc2n1. The van der Waals surface area contributed by atoms with Crippen molar-refractivity contribution in [1.29, 1.82) is 0 Å². The van der Waals surface area contributed by atoms with Gasteiger partial charge in [-0.1, -0.05) is 44.2 Å². The molecule has 32 heavy (non-hydrogen) atoms. The van der Waals surface area contributed by atoms with Crippen LogP contribution in [0.3, 0.4) is 0 Å². The lowest BCUT2D eigenvalue weighted by Crippen LogP contribution is -2.50. The number of anilines is 1. The fourth-order valence-corrected chi connectivity index (χ4v) is 3.86. The Labute approximate surface area is 186 Å². The fourth-order valence-electron chi connectivity index (χ4n) is 3.86. The molecule has 3 aromatic rings. The quantitative estimate of drug-likeness (QED) is 0.567. The zero-order valence-electron chi connectivity index (χ0n) is 18.3. The van der Waals surface area contributed by atoms with Crippen LogP contribution in [0.25, 0.3) is 10.9 Å². The molecule has 2 heterocycles. The average Bonchev–Trinajstić information content (AvgIpc) is 2.82. The summed E-state index contributed by atoms with van der Waals surface area (Å²) in [6.07, 6.45) is 0. The van der Waals surface area contributed by atoms with Gasteiger partial charge in [0.2, 0.25) is 0 Å². The number of piperazine rings is 1. The van der Waals surface area contributed by atoms with Crippen molar-refractivity contribution in [1.82, 2.24) is 9.88 Å². The zero-order chi connectivity index (χ0) is 22.7. The number of amides is 1. The molecule has 0 unspecified atom stereocenters. The number of para-hydroxylation sites is 2.